The van der Waals surface area contributed by atoms with E-state index in [1.54, 1.807) is 0 Å². The predicted octanol–water partition coefficient (Wildman–Crippen LogP) is 18.2. The third kappa shape index (κ3) is 10.2. The van der Waals surface area contributed by atoms with Crippen LogP contribution in [0, 0.1) is 32.0 Å². The van der Waals surface area contributed by atoms with Crippen molar-refractivity contribution in [3.63, 3.8) is 0 Å². The molecule has 12 aromatic rings. The monoisotopic (exact) mass is 1140 g/mol. The maximum atomic E-state index is 4.83. The molecule has 75 heavy (non-hydrogen) atoms. The van der Waals surface area contributed by atoms with Crippen LogP contribution in [0.25, 0.3) is 123 Å². The Kier molecular flexibility index (Phi) is 14.0. The van der Waals surface area contributed by atoms with Gasteiger partial charge in [-0.25, -0.2) is 0 Å². The largest absolute Gasteiger partial charge is 3.00 e. The summed E-state index contributed by atoms with van der Waals surface area (Å²) in [5.74, 6) is 0. The van der Waals surface area contributed by atoms with E-state index in [2.05, 4.69) is 260 Å². The number of aryl methyl sites for hydroxylation is 2. The fourth-order valence-corrected chi connectivity index (χ4v) is 10.0. The van der Waals surface area contributed by atoms with Crippen molar-refractivity contribution < 1.29 is 20.1 Å². The molecule has 0 unspecified atom stereocenters. The molecule has 4 heteroatoms. The molecule has 9 aromatic carbocycles. The fraction of sp³-hybridized carbons (Fsp3) is 0.0282. The van der Waals surface area contributed by atoms with Gasteiger partial charge in [0, 0.05) is 18.6 Å². The third-order valence-electron chi connectivity index (χ3n) is 13.8. The number of aromatic nitrogens is 3. The number of benzene rings is 9. The van der Waals surface area contributed by atoms with Crippen LogP contribution < -0.4 is 0 Å². The first-order chi connectivity index (χ1) is 36.5. The Labute approximate surface area is 453 Å². The molecule has 12 rings (SSSR count). The van der Waals surface area contributed by atoms with Gasteiger partial charge in [0.25, 0.3) is 0 Å². The van der Waals surface area contributed by atoms with E-state index in [1.807, 2.05) is 36.8 Å². The van der Waals surface area contributed by atoms with Crippen LogP contribution in [0.3, 0.4) is 0 Å². The SMILES string of the molecule is Cc1ccc(-c2[c-]cc(-c3ccccc3-c3cc(-c4ccccc4-c4c[c-]c(-c5ccccn5)cc4)cc(-c4ccccc4-c4c[c-]c(-c5cc(-c6ccc(-c7ccccc7)cc6C)ccn5)cc4)c3)cc2)nc1.[Ir+3]. The number of hydrogen-bond acceptors (Lipinski definition) is 3. The molecule has 3 aromatic heterocycles. The molecular weight excluding hydrogens is 1090 g/mol. The molecule has 0 aliphatic carbocycles. The molecule has 0 spiro atoms. The minimum atomic E-state index is 0. The van der Waals surface area contributed by atoms with Crippen molar-refractivity contribution in [2.24, 2.45) is 0 Å². The minimum absolute atomic E-state index is 0. The zero-order valence-corrected chi connectivity index (χ0v) is 43.8. The van der Waals surface area contributed by atoms with Crippen molar-refractivity contribution in [1.82, 2.24) is 15.0 Å². The van der Waals surface area contributed by atoms with Crippen LogP contribution in [0.1, 0.15) is 11.1 Å². The molecule has 0 aliphatic heterocycles. The normalized spacial score (nSPS) is 11.0. The minimum Gasteiger partial charge on any atom is -0.305 e. The van der Waals surface area contributed by atoms with Crippen molar-refractivity contribution in [2.75, 3.05) is 0 Å². The first-order valence-electron chi connectivity index (χ1n) is 25.0. The molecule has 3 heterocycles. The Balaban J connectivity index is 0.00000602. The Morgan fingerprint density at radius 3 is 1.19 bits per heavy atom. The summed E-state index contributed by atoms with van der Waals surface area (Å²) in [6.45, 7) is 4.24. The molecule has 0 radical (unpaired) electrons. The maximum Gasteiger partial charge on any atom is 3.00 e. The van der Waals surface area contributed by atoms with Crippen LogP contribution >= 0.6 is 0 Å². The summed E-state index contributed by atoms with van der Waals surface area (Å²) in [4.78, 5) is 14.1. The van der Waals surface area contributed by atoms with Gasteiger partial charge in [-0.2, -0.15) is 0 Å². The summed E-state index contributed by atoms with van der Waals surface area (Å²) in [6, 6.07) is 94.6. The second-order valence-electron chi connectivity index (χ2n) is 18.7. The van der Waals surface area contributed by atoms with Crippen LogP contribution in [-0.4, -0.2) is 15.0 Å². The molecule has 0 saturated carbocycles. The van der Waals surface area contributed by atoms with Crippen molar-refractivity contribution in [3.8, 4) is 123 Å². The third-order valence-corrected chi connectivity index (χ3v) is 13.8. The average Bonchev–Trinajstić information content (AvgIpc) is 3.48. The van der Waals surface area contributed by atoms with E-state index in [4.69, 9.17) is 4.98 Å². The molecule has 0 aliphatic rings. The Morgan fingerprint density at radius 1 is 0.280 bits per heavy atom. The van der Waals surface area contributed by atoms with Crippen molar-refractivity contribution in [1.29, 1.82) is 0 Å². The zero-order valence-electron chi connectivity index (χ0n) is 41.4. The summed E-state index contributed by atoms with van der Waals surface area (Å²) in [5.41, 5.74) is 25.9. The quantitative estimate of drug-likeness (QED) is 0.121. The topological polar surface area (TPSA) is 38.7 Å². The van der Waals surface area contributed by atoms with E-state index in [1.165, 1.54) is 22.3 Å². The van der Waals surface area contributed by atoms with Crippen LogP contribution in [0.2, 0.25) is 0 Å². The van der Waals surface area contributed by atoms with Crippen LogP contribution in [0.15, 0.2) is 255 Å². The van der Waals surface area contributed by atoms with Gasteiger partial charge in [-0.15, -0.1) is 89.5 Å². The molecule has 0 bridgehead atoms. The van der Waals surface area contributed by atoms with Gasteiger partial charge in [0.2, 0.25) is 0 Å². The maximum absolute atomic E-state index is 4.83. The van der Waals surface area contributed by atoms with E-state index in [0.717, 1.165) is 112 Å². The Hall–Kier alpha value is -8.92. The number of nitrogens with zero attached hydrogens (tertiary/aromatic N) is 3. The first-order valence-corrected chi connectivity index (χ1v) is 25.0. The number of hydrogen-bond donors (Lipinski definition) is 0. The van der Waals surface area contributed by atoms with Crippen LogP contribution in [0.5, 0.6) is 0 Å². The van der Waals surface area contributed by atoms with E-state index in [9.17, 15) is 0 Å². The number of rotatable bonds is 11. The van der Waals surface area contributed by atoms with Crippen molar-refractivity contribution in [3.05, 3.63) is 285 Å². The molecule has 3 nitrogen and oxygen atoms in total. The molecular formula is C71H48IrN3. The molecule has 0 amide bonds. The average molecular weight is 1140 g/mol. The summed E-state index contributed by atoms with van der Waals surface area (Å²) in [5, 5.41) is 0. The predicted molar refractivity (Wildman–Crippen MR) is 306 cm³/mol. The summed E-state index contributed by atoms with van der Waals surface area (Å²) < 4.78 is 0. The van der Waals surface area contributed by atoms with Gasteiger partial charge < -0.3 is 15.0 Å². The van der Waals surface area contributed by atoms with E-state index in [0.29, 0.717) is 0 Å². The van der Waals surface area contributed by atoms with E-state index < -0.39 is 0 Å². The Morgan fingerprint density at radius 2 is 0.733 bits per heavy atom. The summed E-state index contributed by atoms with van der Waals surface area (Å²) >= 11 is 0. The molecule has 0 fully saturated rings. The molecule has 0 saturated heterocycles. The van der Waals surface area contributed by atoms with Gasteiger partial charge in [0.1, 0.15) is 0 Å². The zero-order chi connectivity index (χ0) is 49.8. The second-order valence-corrected chi connectivity index (χ2v) is 18.7. The summed E-state index contributed by atoms with van der Waals surface area (Å²) in [7, 11) is 0. The standard InChI is InChI=1S/C71H48N3.Ir/c1-48-23-38-70(74-47-48)55-32-26-52(27-33-55)64-17-7-10-20-67(64)60-43-59(66-19-9-6-16-63(66)51-24-30-54(31-25-51)69-22-12-13-40-72-69)44-61(45-60)68-21-11-8-18-65(68)53-28-34-56(35-29-53)71-46-58(39-41-73-71)62-37-36-57(42-49(62)2)50-14-4-3-5-15-50;/h3-30,32,34,36-47H,1-2H3;/q-3;+3. The molecule has 356 valence electrons. The van der Waals surface area contributed by atoms with Crippen molar-refractivity contribution >= 4 is 0 Å². The van der Waals surface area contributed by atoms with Gasteiger partial charge in [-0.1, -0.05) is 185 Å². The van der Waals surface area contributed by atoms with Gasteiger partial charge in [0.15, 0.2) is 0 Å². The summed E-state index contributed by atoms with van der Waals surface area (Å²) in [6.07, 6.45) is 5.63. The number of pyridine rings is 3. The van der Waals surface area contributed by atoms with Gasteiger partial charge >= 0.3 is 20.1 Å². The van der Waals surface area contributed by atoms with Gasteiger partial charge in [0.05, 0.1) is 0 Å². The van der Waals surface area contributed by atoms with E-state index >= 15 is 0 Å². The van der Waals surface area contributed by atoms with Crippen molar-refractivity contribution in [2.45, 2.75) is 13.8 Å². The molecule has 0 N–H and O–H groups in total. The van der Waals surface area contributed by atoms with Crippen LogP contribution in [0.4, 0.5) is 0 Å². The van der Waals surface area contributed by atoms with Crippen LogP contribution in [-0.2, 0) is 20.1 Å². The molecule has 0 atom stereocenters. The van der Waals surface area contributed by atoms with E-state index in [-0.39, 0.29) is 20.1 Å². The first kappa shape index (κ1) is 48.4. The smallest absolute Gasteiger partial charge is 0.305 e. The van der Waals surface area contributed by atoms with Gasteiger partial charge in [-0.05, 0) is 128 Å². The second kappa shape index (κ2) is 21.7. The Bertz CT molecular complexity index is 3930. The van der Waals surface area contributed by atoms with Gasteiger partial charge in [-0.3, -0.25) is 0 Å². The fourth-order valence-electron chi connectivity index (χ4n) is 10.0.